The fourth-order valence-electron chi connectivity index (χ4n) is 2.65. The van der Waals surface area contributed by atoms with Gasteiger partial charge in [-0.15, -0.1) is 5.10 Å². The van der Waals surface area contributed by atoms with Crippen molar-refractivity contribution in [3.63, 3.8) is 0 Å². The molecule has 0 amide bonds. The molecular weight excluding hydrogens is 398 g/mol. The van der Waals surface area contributed by atoms with Gasteiger partial charge in [0.05, 0.1) is 23.4 Å². The van der Waals surface area contributed by atoms with Crippen LogP contribution in [0.1, 0.15) is 6.42 Å². The number of rotatable bonds is 8. The summed E-state index contributed by atoms with van der Waals surface area (Å²) in [7, 11) is 0.107. The maximum absolute atomic E-state index is 13.2. The minimum Gasteiger partial charge on any atom is -0.476 e. The standard InChI is InChI=1S/C20H22ClN3O3S/c1-23(2)12-7-13-27-20-19(15-24(22-20)17-9-4-3-5-10-17)28(25,26)18-11-6-8-16(21)14-18/h3-6,8-11,14-15H,7,12-13H2,1-2H3. The van der Waals surface area contributed by atoms with Crippen LogP contribution in [-0.2, 0) is 9.84 Å². The summed E-state index contributed by atoms with van der Waals surface area (Å²) in [6.07, 6.45) is 2.23. The Labute approximate surface area is 170 Å². The van der Waals surface area contributed by atoms with Crippen LogP contribution in [0.4, 0.5) is 0 Å². The second-order valence-electron chi connectivity index (χ2n) is 6.54. The van der Waals surface area contributed by atoms with Crippen molar-refractivity contribution in [1.29, 1.82) is 0 Å². The van der Waals surface area contributed by atoms with Gasteiger partial charge in [0.15, 0.2) is 4.90 Å². The van der Waals surface area contributed by atoms with Gasteiger partial charge in [0.25, 0.3) is 5.88 Å². The largest absolute Gasteiger partial charge is 0.476 e. The molecule has 6 nitrogen and oxygen atoms in total. The quantitative estimate of drug-likeness (QED) is 0.521. The zero-order valence-corrected chi connectivity index (χ0v) is 17.3. The summed E-state index contributed by atoms with van der Waals surface area (Å²) in [6.45, 7) is 1.19. The molecule has 0 saturated heterocycles. The Kier molecular flexibility index (Phi) is 6.39. The summed E-state index contributed by atoms with van der Waals surface area (Å²) in [5, 5.41) is 4.73. The van der Waals surface area contributed by atoms with Crippen LogP contribution >= 0.6 is 11.6 Å². The predicted molar refractivity (Wildman–Crippen MR) is 109 cm³/mol. The Balaban J connectivity index is 1.98. The van der Waals surface area contributed by atoms with Crippen molar-refractivity contribution in [3.8, 4) is 11.6 Å². The lowest BCUT2D eigenvalue weighted by molar-refractivity contribution is 0.266. The third kappa shape index (κ3) is 4.73. The number of hydrogen-bond donors (Lipinski definition) is 0. The van der Waals surface area contributed by atoms with E-state index in [9.17, 15) is 8.42 Å². The van der Waals surface area contributed by atoms with Crippen LogP contribution in [0.15, 0.2) is 70.6 Å². The van der Waals surface area contributed by atoms with Crippen LogP contribution in [0.3, 0.4) is 0 Å². The average Bonchev–Trinajstić information content (AvgIpc) is 3.11. The summed E-state index contributed by atoms with van der Waals surface area (Å²) in [5.41, 5.74) is 0.744. The maximum Gasteiger partial charge on any atom is 0.252 e. The van der Waals surface area contributed by atoms with Gasteiger partial charge in [-0.25, -0.2) is 13.1 Å². The van der Waals surface area contributed by atoms with Crippen LogP contribution in [0.2, 0.25) is 5.02 Å². The lowest BCUT2D eigenvalue weighted by atomic mass is 10.3. The van der Waals surface area contributed by atoms with Gasteiger partial charge in [-0.1, -0.05) is 35.9 Å². The Morgan fingerprint density at radius 1 is 1.11 bits per heavy atom. The third-order valence-corrected chi connectivity index (χ3v) is 6.02. The van der Waals surface area contributed by atoms with E-state index in [2.05, 4.69) is 5.10 Å². The van der Waals surface area contributed by atoms with E-state index in [0.29, 0.717) is 11.6 Å². The smallest absolute Gasteiger partial charge is 0.252 e. The van der Waals surface area contributed by atoms with Crippen molar-refractivity contribution in [2.24, 2.45) is 0 Å². The summed E-state index contributed by atoms with van der Waals surface area (Å²) in [6, 6.07) is 15.5. The lowest BCUT2D eigenvalue weighted by Crippen LogP contribution is -2.16. The summed E-state index contributed by atoms with van der Waals surface area (Å²) >= 11 is 5.99. The Bertz CT molecular complexity index is 1030. The molecule has 0 atom stereocenters. The molecule has 0 aliphatic heterocycles. The van der Waals surface area contributed by atoms with Crippen LogP contribution in [0.5, 0.6) is 5.88 Å². The van der Waals surface area contributed by atoms with Gasteiger partial charge < -0.3 is 9.64 Å². The molecule has 0 spiro atoms. The molecule has 1 heterocycles. The van der Waals surface area contributed by atoms with E-state index in [1.807, 2.05) is 49.3 Å². The summed E-state index contributed by atoms with van der Waals surface area (Å²) in [4.78, 5) is 2.16. The van der Waals surface area contributed by atoms with Gasteiger partial charge in [-0.05, 0) is 50.8 Å². The highest BCUT2D eigenvalue weighted by Crippen LogP contribution is 2.30. The molecule has 0 N–H and O–H groups in total. The molecule has 0 aliphatic carbocycles. The fourth-order valence-corrected chi connectivity index (χ4v) is 4.27. The Hall–Kier alpha value is -2.35. The SMILES string of the molecule is CN(C)CCCOc1nn(-c2ccccc2)cc1S(=O)(=O)c1cccc(Cl)c1. The van der Waals surface area contributed by atoms with Crippen molar-refractivity contribution in [3.05, 3.63) is 65.8 Å². The molecule has 1 aromatic heterocycles. The van der Waals surface area contributed by atoms with Gasteiger partial charge in [0, 0.05) is 11.6 Å². The number of halogens is 1. The second-order valence-corrected chi connectivity index (χ2v) is 8.90. The molecule has 3 rings (SSSR count). The molecule has 2 aromatic carbocycles. The van der Waals surface area contributed by atoms with Gasteiger partial charge in [0.2, 0.25) is 9.84 Å². The van der Waals surface area contributed by atoms with Crippen molar-refractivity contribution < 1.29 is 13.2 Å². The Morgan fingerprint density at radius 3 is 2.54 bits per heavy atom. The van der Waals surface area contributed by atoms with Crippen molar-refractivity contribution in [2.45, 2.75) is 16.2 Å². The normalized spacial score (nSPS) is 11.7. The fraction of sp³-hybridized carbons (Fsp3) is 0.250. The highest BCUT2D eigenvalue weighted by atomic mass is 35.5. The number of para-hydroxylation sites is 1. The van der Waals surface area contributed by atoms with Gasteiger partial charge >= 0.3 is 0 Å². The lowest BCUT2D eigenvalue weighted by Gasteiger charge is -2.10. The number of hydrogen-bond acceptors (Lipinski definition) is 5. The first-order valence-corrected chi connectivity index (χ1v) is 10.7. The molecule has 0 saturated carbocycles. The summed E-state index contributed by atoms with van der Waals surface area (Å²) in [5.74, 6) is 0.0857. The van der Waals surface area contributed by atoms with Crippen molar-refractivity contribution in [2.75, 3.05) is 27.2 Å². The van der Waals surface area contributed by atoms with Crippen LogP contribution in [0, 0.1) is 0 Å². The molecule has 0 radical (unpaired) electrons. The molecule has 148 valence electrons. The highest BCUT2D eigenvalue weighted by molar-refractivity contribution is 7.91. The van der Waals surface area contributed by atoms with E-state index < -0.39 is 9.84 Å². The van der Waals surface area contributed by atoms with E-state index in [1.54, 1.807) is 12.1 Å². The van der Waals surface area contributed by atoms with E-state index in [0.717, 1.165) is 18.7 Å². The number of ether oxygens (including phenoxy) is 1. The van der Waals surface area contributed by atoms with E-state index >= 15 is 0 Å². The summed E-state index contributed by atoms with van der Waals surface area (Å²) < 4.78 is 33.7. The second kappa shape index (κ2) is 8.77. The molecule has 0 aliphatic rings. The minimum absolute atomic E-state index is 0.0171. The van der Waals surface area contributed by atoms with Gasteiger partial charge in [0.1, 0.15) is 0 Å². The predicted octanol–water partition coefficient (Wildman–Crippen LogP) is 3.69. The van der Waals surface area contributed by atoms with E-state index in [-0.39, 0.29) is 15.7 Å². The third-order valence-electron chi connectivity index (χ3n) is 4.05. The molecule has 28 heavy (non-hydrogen) atoms. The first-order chi connectivity index (χ1) is 13.4. The zero-order valence-electron chi connectivity index (χ0n) is 15.7. The minimum atomic E-state index is -3.84. The maximum atomic E-state index is 13.2. The van der Waals surface area contributed by atoms with Crippen LogP contribution in [0.25, 0.3) is 5.69 Å². The molecule has 3 aromatic rings. The van der Waals surface area contributed by atoms with Crippen LogP contribution < -0.4 is 4.74 Å². The van der Waals surface area contributed by atoms with Gasteiger partial charge in [-0.2, -0.15) is 0 Å². The first kappa shape index (κ1) is 20.4. The molecule has 0 bridgehead atoms. The van der Waals surface area contributed by atoms with Crippen LogP contribution in [-0.4, -0.2) is 50.3 Å². The average molecular weight is 420 g/mol. The monoisotopic (exact) mass is 419 g/mol. The Morgan fingerprint density at radius 2 is 1.86 bits per heavy atom. The highest BCUT2D eigenvalue weighted by Gasteiger charge is 2.27. The molecular formula is C20H22ClN3O3S. The van der Waals surface area contributed by atoms with Crippen molar-refractivity contribution >= 4 is 21.4 Å². The number of benzene rings is 2. The molecule has 0 unspecified atom stereocenters. The number of nitrogens with zero attached hydrogens (tertiary/aromatic N) is 3. The first-order valence-electron chi connectivity index (χ1n) is 8.81. The number of aromatic nitrogens is 2. The molecule has 8 heteroatoms. The van der Waals surface area contributed by atoms with E-state index in [4.69, 9.17) is 16.3 Å². The zero-order chi connectivity index (χ0) is 20.1. The van der Waals surface area contributed by atoms with E-state index in [1.165, 1.54) is 23.0 Å². The topological polar surface area (TPSA) is 64.4 Å². The molecule has 0 fully saturated rings. The van der Waals surface area contributed by atoms with Gasteiger partial charge in [-0.3, -0.25) is 0 Å². The van der Waals surface area contributed by atoms with Crippen molar-refractivity contribution in [1.82, 2.24) is 14.7 Å². The number of sulfone groups is 1.